The van der Waals surface area contributed by atoms with Crippen molar-refractivity contribution in [3.8, 4) is 5.75 Å². The number of rotatable bonds is 7. The third-order valence-electron chi connectivity index (χ3n) is 3.68. The van der Waals surface area contributed by atoms with Crippen LogP contribution in [0.4, 0.5) is 0 Å². The van der Waals surface area contributed by atoms with Crippen LogP contribution in [-0.2, 0) is 4.74 Å². The van der Waals surface area contributed by atoms with E-state index in [1.807, 2.05) is 32.0 Å². The Labute approximate surface area is 126 Å². The first-order chi connectivity index (χ1) is 9.65. The maximum absolute atomic E-state index is 6.04. The highest BCUT2D eigenvalue weighted by atomic mass is 35.5. The van der Waals surface area contributed by atoms with Crippen molar-refractivity contribution in [2.75, 3.05) is 13.2 Å². The lowest BCUT2D eigenvalue weighted by atomic mass is 9.85. The van der Waals surface area contributed by atoms with E-state index in [0.717, 1.165) is 35.7 Å². The summed E-state index contributed by atoms with van der Waals surface area (Å²) in [6.07, 6.45) is 2.40. The van der Waals surface area contributed by atoms with Crippen LogP contribution in [0.15, 0.2) is 18.2 Å². The van der Waals surface area contributed by atoms with E-state index in [-0.39, 0.29) is 12.2 Å². The van der Waals surface area contributed by atoms with E-state index in [1.165, 1.54) is 0 Å². The molecule has 0 saturated heterocycles. The van der Waals surface area contributed by atoms with Crippen molar-refractivity contribution in [3.63, 3.8) is 0 Å². The van der Waals surface area contributed by atoms with Gasteiger partial charge < -0.3 is 14.8 Å². The maximum atomic E-state index is 6.04. The fourth-order valence-electron chi connectivity index (χ4n) is 2.51. The van der Waals surface area contributed by atoms with Gasteiger partial charge in [-0.15, -0.1) is 0 Å². The van der Waals surface area contributed by atoms with Crippen molar-refractivity contribution in [1.29, 1.82) is 0 Å². The van der Waals surface area contributed by atoms with Gasteiger partial charge in [-0.2, -0.15) is 0 Å². The second-order valence-electron chi connectivity index (χ2n) is 5.28. The van der Waals surface area contributed by atoms with Gasteiger partial charge in [-0.3, -0.25) is 0 Å². The van der Waals surface area contributed by atoms with Crippen LogP contribution < -0.4 is 10.1 Å². The molecule has 0 heterocycles. The quantitative estimate of drug-likeness (QED) is 0.834. The minimum atomic E-state index is 0.130. The minimum Gasteiger partial charge on any atom is -0.488 e. The summed E-state index contributed by atoms with van der Waals surface area (Å²) < 4.78 is 11.9. The van der Waals surface area contributed by atoms with Crippen molar-refractivity contribution >= 4 is 11.6 Å². The topological polar surface area (TPSA) is 30.5 Å². The van der Waals surface area contributed by atoms with E-state index in [2.05, 4.69) is 12.2 Å². The first-order valence-electron chi connectivity index (χ1n) is 7.43. The Hall–Kier alpha value is -0.770. The molecule has 1 aliphatic rings. The Bertz CT molecular complexity index is 438. The van der Waals surface area contributed by atoms with E-state index in [9.17, 15) is 0 Å². The second kappa shape index (κ2) is 7.30. The number of aryl methyl sites for hydroxylation is 1. The molecule has 0 radical (unpaired) electrons. The third-order valence-corrected chi connectivity index (χ3v) is 4.11. The average molecular weight is 298 g/mol. The van der Waals surface area contributed by atoms with Crippen molar-refractivity contribution in [2.45, 2.75) is 51.9 Å². The predicted octanol–water partition coefficient (Wildman–Crippen LogP) is 3.57. The maximum Gasteiger partial charge on any atom is 0.128 e. The van der Waals surface area contributed by atoms with Gasteiger partial charge in [0, 0.05) is 24.1 Å². The fraction of sp³-hybridized carbons (Fsp3) is 0.625. The van der Waals surface area contributed by atoms with Crippen molar-refractivity contribution in [2.24, 2.45) is 0 Å². The van der Waals surface area contributed by atoms with Gasteiger partial charge in [-0.05, 0) is 50.6 Å². The fourth-order valence-corrected chi connectivity index (χ4v) is 2.62. The molecule has 0 spiro atoms. The van der Waals surface area contributed by atoms with Gasteiger partial charge in [0.15, 0.2) is 0 Å². The molecule has 1 saturated carbocycles. The summed E-state index contributed by atoms with van der Waals surface area (Å²) >= 11 is 6.03. The zero-order valence-electron chi connectivity index (χ0n) is 12.5. The standard InChI is InChI=1S/C16H24ClNO2/c1-4-8-18-14-10-15(16(14)19-5-2)20-12-6-7-13(17)11(3)9-12/h6-7,9,14-16,18H,4-5,8,10H2,1-3H3. The first-order valence-corrected chi connectivity index (χ1v) is 7.81. The number of ether oxygens (including phenoxy) is 2. The van der Waals surface area contributed by atoms with Crippen LogP contribution in [0.2, 0.25) is 5.02 Å². The highest BCUT2D eigenvalue weighted by Crippen LogP contribution is 2.30. The van der Waals surface area contributed by atoms with Gasteiger partial charge in [0.05, 0.1) is 0 Å². The highest BCUT2D eigenvalue weighted by Gasteiger charge is 2.43. The second-order valence-corrected chi connectivity index (χ2v) is 5.69. The van der Waals surface area contributed by atoms with Crippen LogP contribution in [0.25, 0.3) is 0 Å². The van der Waals surface area contributed by atoms with Gasteiger partial charge >= 0.3 is 0 Å². The van der Waals surface area contributed by atoms with Gasteiger partial charge in [0.1, 0.15) is 18.0 Å². The number of hydrogen-bond donors (Lipinski definition) is 1. The monoisotopic (exact) mass is 297 g/mol. The van der Waals surface area contributed by atoms with Crippen LogP contribution in [0.3, 0.4) is 0 Å². The largest absolute Gasteiger partial charge is 0.488 e. The first kappa shape index (κ1) is 15.6. The molecule has 1 fully saturated rings. The lowest BCUT2D eigenvalue weighted by Gasteiger charge is -2.44. The summed E-state index contributed by atoms with van der Waals surface area (Å²) in [7, 11) is 0. The molecular weight excluding hydrogens is 274 g/mol. The molecule has 20 heavy (non-hydrogen) atoms. The SMILES string of the molecule is CCCNC1CC(Oc2ccc(Cl)c(C)c2)C1OCC. The van der Waals surface area contributed by atoms with Crippen molar-refractivity contribution in [3.05, 3.63) is 28.8 Å². The molecule has 3 unspecified atom stereocenters. The Morgan fingerprint density at radius 3 is 2.80 bits per heavy atom. The van der Waals surface area contributed by atoms with E-state index in [1.54, 1.807) is 0 Å². The molecule has 3 atom stereocenters. The Balaban J connectivity index is 1.93. The molecule has 0 aliphatic heterocycles. The van der Waals surface area contributed by atoms with Crippen LogP contribution in [0, 0.1) is 6.92 Å². The lowest BCUT2D eigenvalue weighted by molar-refractivity contribution is -0.104. The summed E-state index contributed by atoms with van der Waals surface area (Å²) in [5.41, 5.74) is 1.04. The number of hydrogen-bond acceptors (Lipinski definition) is 3. The Kier molecular flexibility index (Phi) is 5.70. The molecule has 0 amide bonds. The number of benzene rings is 1. The van der Waals surface area contributed by atoms with Gasteiger partial charge in [-0.25, -0.2) is 0 Å². The third kappa shape index (κ3) is 3.66. The minimum absolute atomic E-state index is 0.130. The molecule has 4 heteroatoms. The lowest BCUT2D eigenvalue weighted by Crippen LogP contribution is -2.61. The Morgan fingerprint density at radius 1 is 1.35 bits per heavy atom. The Morgan fingerprint density at radius 2 is 2.15 bits per heavy atom. The summed E-state index contributed by atoms with van der Waals surface area (Å²) in [4.78, 5) is 0. The molecule has 3 nitrogen and oxygen atoms in total. The van der Waals surface area contributed by atoms with E-state index >= 15 is 0 Å². The molecule has 1 aromatic carbocycles. The van der Waals surface area contributed by atoms with E-state index in [4.69, 9.17) is 21.1 Å². The number of nitrogens with one attached hydrogen (secondary N) is 1. The normalized spacial score (nSPS) is 25.3. The summed E-state index contributed by atoms with van der Waals surface area (Å²) in [6, 6.07) is 6.20. The van der Waals surface area contributed by atoms with Gasteiger partial charge in [-0.1, -0.05) is 18.5 Å². The van der Waals surface area contributed by atoms with E-state index in [0.29, 0.717) is 12.6 Å². The highest BCUT2D eigenvalue weighted by molar-refractivity contribution is 6.31. The summed E-state index contributed by atoms with van der Waals surface area (Å²) in [6.45, 7) is 7.93. The molecule has 0 bridgehead atoms. The van der Waals surface area contributed by atoms with Gasteiger partial charge in [0.2, 0.25) is 0 Å². The van der Waals surface area contributed by atoms with Crippen LogP contribution in [0.5, 0.6) is 5.75 Å². The smallest absolute Gasteiger partial charge is 0.128 e. The van der Waals surface area contributed by atoms with Crippen molar-refractivity contribution < 1.29 is 9.47 Å². The molecular formula is C16H24ClNO2. The molecule has 1 aromatic rings. The van der Waals surface area contributed by atoms with Crippen LogP contribution >= 0.6 is 11.6 Å². The average Bonchev–Trinajstić information content (AvgIpc) is 2.43. The van der Waals surface area contributed by atoms with Crippen LogP contribution in [-0.4, -0.2) is 31.4 Å². The molecule has 2 rings (SSSR count). The number of halogens is 1. The zero-order chi connectivity index (χ0) is 14.5. The molecule has 112 valence electrons. The van der Waals surface area contributed by atoms with Crippen LogP contribution in [0.1, 0.15) is 32.3 Å². The van der Waals surface area contributed by atoms with Gasteiger partial charge in [0.25, 0.3) is 0 Å². The van der Waals surface area contributed by atoms with E-state index < -0.39 is 0 Å². The predicted molar refractivity (Wildman–Crippen MR) is 82.7 cm³/mol. The molecule has 1 aliphatic carbocycles. The van der Waals surface area contributed by atoms with Crippen molar-refractivity contribution in [1.82, 2.24) is 5.32 Å². The molecule has 1 N–H and O–H groups in total. The summed E-state index contributed by atoms with van der Waals surface area (Å²) in [5.74, 6) is 0.871. The molecule has 0 aromatic heterocycles. The summed E-state index contributed by atoms with van der Waals surface area (Å²) in [5, 5.41) is 4.29. The zero-order valence-corrected chi connectivity index (χ0v) is 13.2.